The van der Waals surface area contributed by atoms with Gasteiger partial charge in [-0.2, -0.15) is 0 Å². The summed E-state index contributed by atoms with van der Waals surface area (Å²) in [6.07, 6.45) is 0. The van der Waals surface area contributed by atoms with Gasteiger partial charge in [0.25, 0.3) is 0 Å². The number of carbonyl (C=O) groups is 1. The van der Waals surface area contributed by atoms with Gasteiger partial charge in [0, 0.05) is 7.05 Å². The topological polar surface area (TPSA) is 97.3 Å². The van der Waals surface area contributed by atoms with Crippen molar-refractivity contribution in [2.24, 2.45) is 15.9 Å². The van der Waals surface area contributed by atoms with E-state index in [4.69, 9.17) is 10.9 Å². The number of ether oxygens (including phenoxy) is 1. The molecule has 0 aromatic carbocycles. The summed E-state index contributed by atoms with van der Waals surface area (Å²) in [4.78, 5) is 14.4. The van der Waals surface area contributed by atoms with Crippen LogP contribution in [0.15, 0.2) is 10.1 Å². The van der Waals surface area contributed by atoms with E-state index in [9.17, 15) is 4.79 Å². The Hall–Kier alpha value is -1.59. The molecule has 0 rings (SSSR count). The minimum atomic E-state index is -0.789. The number of rotatable bonds is 3. The highest BCUT2D eigenvalue weighted by atomic mass is 16.5. The third-order valence-corrected chi connectivity index (χ3v) is 1.05. The molecule has 0 unspecified atom stereocenters. The van der Waals surface area contributed by atoms with Crippen LogP contribution < -0.4 is 5.73 Å². The number of esters is 1. The van der Waals surface area contributed by atoms with E-state index in [1.165, 1.54) is 7.05 Å². The van der Waals surface area contributed by atoms with Crippen LogP contribution >= 0.6 is 0 Å². The van der Waals surface area contributed by atoms with Crippen LogP contribution in [0, 0.1) is 0 Å². The molecule has 3 N–H and O–H groups in total. The maximum Gasteiger partial charge on any atom is 0.364 e. The highest BCUT2D eigenvalue weighted by Crippen LogP contribution is 1.85. The van der Waals surface area contributed by atoms with Crippen LogP contribution in [0.25, 0.3) is 0 Å². The molecule has 0 atom stereocenters. The lowest BCUT2D eigenvalue weighted by atomic mass is 10.3. The number of oxime groups is 1. The first-order chi connectivity index (χ1) is 5.67. The van der Waals surface area contributed by atoms with Crippen molar-refractivity contribution in [2.75, 3.05) is 13.7 Å². The van der Waals surface area contributed by atoms with Crippen molar-refractivity contribution in [3.8, 4) is 0 Å². The lowest BCUT2D eigenvalue weighted by Crippen LogP contribution is -2.32. The number of amidine groups is 1. The standard InChI is InChI=1S/C6H11N3O3/c1-3-12-6(10)4(9-11)5(7)8-2/h11H,3H2,1-2H3,(H2,7,8)/b9-4+. The second kappa shape index (κ2) is 5.11. The Morgan fingerprint density at radius 3 is 2.58 bits per heavy atom. The quantitative estimate of drug-likeness (QED) is 0.195. The average molecular weight is 173 g/mol. The Bertz CT molecular complexity index is 222. The van der Waals surface area contributed by atoms with Gasteiger partial charge in [0.15, 0.2) is 5.84 Å². The molecule has 0 fully saturated rings. The van der Waals surface area contributed by atoms with Gasteiger partial charge in [0.2, 0.25) is 5.71 Å². The first-order valence-corrected chi connectivity index (χ1v) is 3.29. The number of hydrogen-bond donors (Lipinski definition) is 2. The second-order valence-corrected chi connectivity index (χ2v) is 1.78. The lowest BCUT2D eigenvalue weighted by Gasteiger charge is -2.01. The molecule has 0 heterocycles. The monoisotopic (exact) mass is 173 g/mol. The summed E-state index contributed by atoms with van der Waals surface area (Å²) in [5.41, 5.74) is 4.84. The zero-order chi connectivity index (χ0) is 9.56. The zero-order valence-electron chi connectivity index (χ0n) is 6.94. The molecule has 68 valence electrons. The summed E-state index contributed by atoms with van der Waals surface area (Å²) in [6.45, 7) is 1.82. The smallest absolute Gasteiger partial charge is 0.364 e. The SMILES string of the molecule is CCOC(=O)/C(=N/O)C(N)=NC. The molecule has 6 nitrogen and oxygen atoms in total. The van der Waals surface area contributed by atoms with Gasteiger partial charge >= 0.3 is 5.97 Å². The number of carbonyl (C=O) groups excluding carboxylic acids is 1. The molecule has 0 spiro atoms. The Kier molecular flexibility index (Phi) is 4.43. The molecule has 0 aliphatic heterocycles. The number of hydrogen-bond acceptors (Lipinski definition) is 5. The third-order valence-electron chi connectivity index (χ3n) is 1.05. The van der Waals surface area contributed by atoms with Crippen LogP contribution in [0.1, 0.15) is 6.92 Å². The molecule has 12 heavy (non-hydrogen) atoms. The van der Waals surface area contributed by atoms with E-state index in [0.717, 1.165) is 0 Å². The van der Waals surface area contributed by atoms with E-state index in [-0.39, 0.29) is 18.2 Å². The predicted octanol–water partition coefficient (Wildman–Crippen LogP) is -0.633. The van der Waals surface area contributed by atoms with E-state index in [2.05, 4.69) is 14.9 Å². The van der Waals surface area contributed by atoms with Crippen molar-refractivity contribution in [1.29, 1.82) is 0 Å². The highest BCUT2D eigenvalue weighted by molar-refractivity contribution is 6.64. The minimum Gasteiger partial charge on any atom is -0.461 e. The van der Waals surface area contributed by atoms with Crippen LogP contribution in [-0.2, 0) is 9.53 Å². The largest absolute Gasteiger partial charge is 0.461 e. The zero-order valence-corrected chi connectivity index (χ0v) is 6.94. The molecule has 0 aromatic rings. The molecule has 6 heteroatoms. The summed E-state index contributed by atoms with van der Waals surface area (Å²) < 4.78 is 4.53. The summed E-state index contributed by atoms with van der Waals surface area (Å²) in [5.74, 6) is -0.945. The molecule has 0 radical (unpaired) electrons. The highest BCUT2D eigenvalue weighted by Gasteiger charge is 2.16. The molecular formula is C6H11N3O3. The molecule has 0 saturated carbocycles. The van der Waals surface area contributed by atoms with Gasteiger partial charge in [-0.05, 0) is 6.92 Å². The summed E-state index contributed by atoms with van der Waals surface area (Å²) in [6, 6.07) is 0. The second-order valence-electron chi connectivity index (χ2n) is 1.78. The van der Waals surface area contributed by atoms with Crippen LogP contribution in [0.4, 0.5) is 0 Å². The molecule has 0 aromatic heterocycles. The first kappa shape index (κ1) is 10.4. The third kappa shape index (κ3) is 2.57. The fourth-order valence-electron chi connectivity index (χ4n) is 0.502. The fourth-order valence-corrected chi connectivity index (χ4v) is 0.502. The lowest BCUT2D eigenvalue weighted by molar-refractivity contribution is -0.134. The minimum absolute atomic E-state index is 0.157. The van der Waals surface area contributed by atoms with Crippen molar-refractivity contribution < 1.29 is 14.7 Å². The molecular weight excluding hydrogens is 162 g/mol. The van der Waals surface area contributed by atoms with Crippen molar-refractivity contribution in [3.63, 3.8) is 0 Å². The van der Waals surface area contributed by atoms with Gasteiger partial charge < -0.3 is 15.7 Å². The predicted molar refractivity (Wildman–Crippen MR) is 43.4 cm³/mol. The maximum atomic E-state index is 10.9. The maximum absolute atomic E-state index is 10.9. The van der Waals surface area contributed by atoms with Crippen molar-refractivity contribution >= 4 is 17.5 Å². The van der Waals surface area contributed by atoms with Gasteiger partial charge in [-0.25, -0.2) is 4.79 Å². The Labute approximate surface area is 69.7 Å². The Morgan fingerprint density at radius 2 is 2.25 bits per heavy atom. The van der Waals surface area contributed by atoms with E-state index in [0.29, 0.717) is 0 Å². The van der Waals surface area contributed by atoms with Crippen molar-refractivity contribution in [1.82, 2.24) is 0 Å². The Morgan fingerprint density at radius 1 is 1.67 bits per heavy atom. The van der Waals surface area contributed by atoms with Gasteiger partial charge in [-0.15, -0.1) is 0 Å². The first-order valence-electron chi connectivity index (χ1n) is 3.29. The Balaban J connectivity index is 4.48. The fraction of sp³-hybridized carbons (Fsp3) is 0.500. The van der Waals surface area contributed by atoms with Crippen LogP contribution in [-0.4, -0.2) is 36.4 Å². The van der Waals surface area contributed by atoms with E-state index >= 15 is 0 Å². The molecule has 0 bridgehead atoms. The summed E-state index contributed by atoms with van der Waals surface area (Å²) in [5, 5.41) is 11.0. The van der Waals surface area contributed by atoms with Gasteiger partial charge in [-0.3, -0.25) is 4.99 Å². The van der Waals surface area contributed by atoms with Crippen molar-refractivity contribution in [2.45, 2.75) is 6.92 Å². The van der Waals surface area contributed by atoms with Crippen LogP contribution in [0.2, 0.25) is 0 Å². The van der Waals surface area contributed by atoms with E-state index < -0.39 is 5.97 Å². The van der Waals surface area contributed by atoms with Crippen molar-refractivity contribution in [3.05, 3.63) is 0 Å². The van der Waals surface area contributed by atoms with Gasteiger partial charge in [0.1, 0.15) is 0 Å². The molecule has 0 saturated heterocycles. The van der Waals surface area contributed by atoms with E-state index in [1.807, 2.05) is 0 Å². The van der Waals surface area contributed by atoms with Crippen LogP contribution in [0.3, 0.4) is 0 Å². The molecule has 0 amide bonds. The average Bonchev–Trinajstić information content (AvgIpc) is 2.06. The number of aliphatic imine (C=N–C) groups is 1. The molecule has 0 aliphatic carbocycles. The van der Waals surface area contributed by atoms with E-state index in [1.54, 1.807) is 6.92 Å². The normalized spacial score (nSPS) is 12.8. The number of nitrogens with zero attached hydrogens (tertiary/aromatic N) is 2. The summed E-state index contributed by atoms with van der Waals surface area (Å²) >= 11 is 0. The van der Waals surface area contributed by atoms with Gasteiger partial charge in [0.05, 0.1) is 6.61 Å². The van der Waals surface area contributed by atoms with Gasteiger partial charge in [-0.1, -0.05) is 5.16 Å². The number of nitrogens with two attached hydrogens (primary N) is 1. The van der Waals surface area contributed by atoms with Crippen LogP contribution in [0.5, 0.6) is 0 Å². The summed E-state index contributed by atoms with van der Waals surface area (Å²) in [7, 11) is 1.37. The molecule has 0 aliphatic rings.